The van der Waals surface area contributed by atoms with Crippen molar-refractivity contribution < 1.29 is 32.5 Å². The van der Waals surface area contributed by atoms with Crippen LogP contribution in [0, 0.1) is 16.7 Å². The van der Waals surface area contributed by atoms with Gasteiger partial charge in [-0.1, -0.05) is 44.2 Å². The first-order valence-electron chi connectivity index (χ1n) is 13.8. The lowest BCUT2D eigenvalue weighted by atomic mass is 9.87. The van der Waals surface area contributed by atoms with E-state index >= 15 is 0 Å². The van der Waals surface area contributed by atoms with E-state index in [1.165, 1.54) is 23.5 Å². The van der Waals surface area contributed by atoms with Crippen molar-refractivity contribution in [1.29, 1.82) is 5.26 Å². The lowest BCUT2D eigenvalue weighted by Crippen LogP contribution is -2.52. The average Bonchev–Trinajstić information content (AvgIpc) is 3.45. The third kappa shape index (κ3) is 10.0. The number of rotatable bonds is 15. The molecule has 3 atom stereocenters. The van der Waals surface area contributed by atoms with Gasteiger partial charge in [-0.25, -0.2) is 13.2 Å². The van der Waals surface area contributed by atoms with E-state index in [-0.39, 0.29) is 30.5 Å². The second-order valence-corrected chi connectivity index (χ2v) is 13.0. The first-order chi connectivity index (χ1) is 19.5. The van der Waals surface area contributed by atoms with Crippen LogP contribution in [0.5, 0.6) is 5.75 Å². The molecule has 0 saturated carbocycles. The molecule has 3 rings (SSSR count). The van der Waals surface area contributed by atoms with Crippen molar-refractivity contribution >= 4 is 16.1 Å². The second-order valence-electron chi connectivity index (χ2n) is 11.0. The molecular weight excluding hydrogens is 546 g/mol. The van der Waals surface area contributed by atoms with Gasteiger partial charge in [0.25, 0.3) is 0 Å². The smallest absolute Gasteiger partial charge is 0.407 e. The topological polar surface area (TPSA) is 138 Å². The molecular formula is C30H41N3O7S. The first-order valence-corrected chi connectivity index (χ1v) is 15.3. The maximum absolute atomic E-state index is 13.9. The predicted octanol–water partition coefficient (Wildman–Crippen LogP) is 3.89. The highest BCUT2D eigenvalue weighted by molar-refractivity contribution is 7.89. The minimum Gasteiger partial charge on any atom is -0.497 e. The summed E-state index contributed by atoms with van der Waals surface area (Å²) in [5, 5.41) is 23.2. The molecule has 2 aromatic rings. The van der Waals surface area contributed by atoms with Gasteiger partial charge < -0.3 is 24.6 Å². The molecule has 224 valence electrons. The lowest BCUT2D eigenvalue weighted by molar-refractivity contribution is 0.0624. The molecule has 1 saturated heterocycles. The number of nitriles is 1. The highest BCUT2D eigenvalue weighted by Gasteiger charge is 2.35. The summed E-state index contributed by atoms with van der Waals surface area (Å²) in [7, 11) is -2.55. The summed E-state index contributed by atoms with van der Waals surface area (Å²) in [5.74, 6) is 0.519. The summed E-state index contributed by atoms with van der Waals surface area (Å²) in [6.45, 7) is 4.54. The van der Waals surface area contributed by atoms with Gasteiger partial charge in [0.1, 0.15) is 11.9 Å². The summed E-state index contributed by atoms with van der Waals surface area (Å²) in [5.41, 5.74) is 0.377. The van der Waals surface area contributed by atoms with Gasteiger partial charge in [0, 0.05) is 25.9 Å². The number of carbonyl (C=O) groups excluding carboxylic acids is 1. The summed E-state index contributed by atoms with van der Waals surface area (Å²) < 4.78 is 45.0. The summed E-state index contributed by atoms with van der Waals surface area (Å²) in [6.07, 6.45) is 0.144. The van der Waals surface area contributed by atoms with Crippen molar-refractivity contribution in [2.75, 3.05) is 33.4 Å². The molecule has 2 N–H and O–H groups in total. The van der Waals surface area contributed by atoms with E-state index in [1.54, 1.807) is 12.1 Å². The van der Waals surface area contributed by atoms with E-state index in [0.717, 1.165) is 5.56 Å². The molecule has 41 heavy (non-hydrogen) atoms. The number of hydrogen-bond donors (Lipinski definition) is 2. The number of benzene rings is 2. The van der Waals surface area contributed by atoms with E-state index < -0.39 is 33.7 Å². The van der Waals surface area contributed by atoms with Crippen LogP contribution in [0.25, 0.3) is 0 Å². The molecule has 0 radical (unpaired) electrons. The monoisotopic (exact) mass is 587 g/mol. The van der Waals surface area contributed by atoms with Crippen LogP contribution in [0.1, 0.15) is 45.1 Å². The molecule has 2 aromatic carbocycles. The van der Waals surface area contributed by atoms with Crippen LogP contribution in [-0.4, -0.2) is 75.6 Å². The normalized spacial score (nSPS) is 17.0. The Balaban J connectivity index is 1.87. The van der Waals surface area contributed by atoms with Gasteiger partial charge in [0.2, 0.25) is 10.0 Å². The maximum Gasteiger partial charge on any atom is 0.407 e. The molecule has 0 aliphatic carbocycles. The third-order valence-corrected chi connectivity index (χ3v) is 8.89. The molecule has 0 aromatic heterocycles. The number of sulfonamides is 1. The Morgan fingerprint density at radius 2 is 1.93 bits per heavy atom. The summed E-state index contributed by atoms with van der Waals surface area (Å²) in [6, 6.07) is 16.7. The molecule has 1 heterocycles. The van der Waals surface area contributed by atoms with Crippen LogP contribution >= 0.6 is 0 Å². The molecule has 0 bridgehead atoms. The zero-order chi connectivity index (χ0) is 29.9. The highest BCUT2D eigenvalue weighted by atomic mass is 32.2. The minimum atomic E-state index is -4.05. The van der Waals surface area contributed by atoms with Crippen LogP contribution < -0.4 is 10.1 Å². The molecule has 1 aliphatic rings. The van der Waals surface area contributed by atoms with Crippen molar-refractivity contribution in [2.45, 2.75) is 69.1 Å². The Morgan fingerprint density at radius 3 is 2.54 bits per heavy atom. The molecule has 0 unspecified atom stereocenters. The fourth-order valence-electron chi connectivity index (χ4n) is 4.78. The number of amides is 1. The van der Waals surface area contributed by atoms with Gasteiger partial charge in [-0.3, -0.25) is 0 Å². The summed E-state index contributed by atoms with van der Waals surface area (Å²) >= 11 is 0. The zero-order valence-corrected chi connectivity index (χ0v) is 24.8. The number of unbranched alkanes of at least 4 members (excludes halogenated alkanes) is 1. The molecule has 1 aliphatic heterocycles. The van der Waals surface area contributed by atoms with Gasteiger partial charge in [0.15, 0.2) is 0 Å². The number of alkyl carbamates (subject to hydrolysis) is 1. The molecule has 0 spiro atoms. The number of aliphatic hydroxyl groups excluding tert-OH is 1. The van der Waals surface area contributed by atoms with Gasteiger partial charge in [0.05, 0.1) is 43.4 Å². The number of nitrogens with zero attached hydrogens (tertiary/aromatic N) is 2. The maximum atomic E-state index is 13.9. The third-order valence-electron chi connectivity index (χ3n) is 7.06. The standard InChI is InChI=1S/C30H41N3O7S/c1-30(2,16-7-8-17-31)22-33(41(36,37)26-13-11-24(38-3)12-14-26)20-28(34)27(19-23-9-5-4-6-10-23)32-29(35)40-25-15-18-39-21-25/h4-6,9-14,25,27-28,34H,7-8,15-16,18-22H2,1-3H3,(H,32,35)/t25-,27-,28-/m0/s1. The van der Waals surface area contributed by atoms with Crippen LogP contribution in [0.15, 0.2) is 59.5 Å². The first kappa shape index (κ1) is 32.3. The van der Waals surface area contributed by atoms with E-state index in [9.17, 15) is 18.3 Å². The fourth-order valence-corrected chi connectivity index (χ4v) is 6.42. The quantitative estimate of drug-likeness (QED) is 0.299. The van der Waals surface area contributed by atoms with Crippen LogP contribution in [-0.2, 0) is 25.9 Å². The van der Waals surface area contributed by atoms with Crippen LogP contribution in [0.4, 0.5) is 4.79 Å². The van der Waals surface area contributed by atoms with Crippen molar-refractivity contribution in [1.82, 2.24) is 9.62 Å². The Morgan fingerprint density at radius 1 is 1.22 bits per heavy atom. The lowest BCUT2D eigenvalue weighted by Gasteiger charge is -2.35. The molecule has 11 heteroatoms. The number of hydrogen-bond acceptors (Lipinski definition) is 8. The zero-order valence-electron chi connectivity index (χ0n) is 24.0. The van der Waals surface area contributed by atoms with Gasteiger partial charge in [-0.05, 0) is 54.5 Å². The number of carbonyl (C=O) groups is 1. The predicted molar refractivity (Wildman–Crippen MR) is 154 cm³/mol. The molecule has 10 nitrogen and oxygen atoms in total. The SMILES string of the molecule is COc1ccc(S(=O)(=O)N(C[C@H](O)[C@H](Cc2ccccc2)NC(=O)O[C@H]2CCOC2)CC(C)(C)CCCC#N)cc1. The van der Waals surface area contributed by atoms with Gasteiger partial charge >= 0.3 is 6.09 Å². The van der Waals surface area contributed by atoms with E-state index in [0.29, 0.717) is 44.6 Å². The number of methoxy groups -OCH3 is 1. The molecule has 1 amide bonds. The van der Waals surface area contributed by atoms with Gasteiger partial charge in [-0.15, -0.1) is 0 Å². The molecule has 1 fully saturated rings. The Bertz CT molecular complexity index is 1240. The Kier molecular flexibility index (Phi) is 12.0. The van der Waals surface area contributed by atoms with Crippen molar-refractivity contribution in [2.24, 2.45) is 5.41 Å². The van der Waals surface area contributed by atoms with Crippen LogP contribution in [0.3, 0.4) is 0 Å². The largest absolute Gasteiger partial charge is 0.497 e. The number of ether oxygens (including phenoxy) is 3. The highest BCUT2D eigenvalue weighted by Crippen LogP contribution is 2.29. The Hall–Kier alpha value is -3.17. The van der Waals surface area contributed by atoms with Crippen molar-refractivity contribution in [3.63, 3.8) is 0 Å². The number of nitrogens with one attached hydrogen (secondary N) is 1. The van der Waals surface area contributed by atoms with Crippen LogP contribution in [0.2, 0.25) is 0 Å². The average molecular weight is 588 g/mol. The second kappa shape index (κ2) is 15.2. The fraction of sp³-hybridized carbons (Fsp3) is 0.533. The van der Waals surface area contributed by atoms with E-state index in [2.05, 4.69) is 11.4 Å². The van der Waals surface area contributed by atoms with Gasteiger partial charge in [-0.2, -0.15) is 9.57 Å². The number of aliphatic hydroxyl groups is 1. The van der Waals surface area contributed by atoms with E-state index in [4.69, 9.17) is 19.5 Å². The van der Waals surface area contributed by atoms with Crippen molar-refractivity contribution in [3.05, 3.63) is 60.2 Å². The van der Waals surface area contributed by atoms with E-state index in [1.807, 2.05) is 44.2 Å². The summed E-state index contributed by atoms with van der Waals surface area (Å²) in [4.78, 5) is 12.8. The minimum absolute atomic E-state index is 0.0616. The van der Waals surface area contributed by atoms with Crippen molar-refractivity contribution in [3.8, 4) is 11.8 Å². The Labute approximate surface area is 243 Å².